The van der Waals surface area contributed by atoms with Gasteiger partial charge in [-0.15, -0.1) is 11.3 Å². The Hall–Kier alpha value is -3.53. The lowest BCUT2D eigenvalue weighted by molar-refractivity contribution is -0.116. The van der Waals surface area contributed by atoms with Gasteiger partial charge in [0.15, 0.2) is 0 Å². The summed E-state index contributed by atoms with van der Waals surface area (Å²) in [6.07, 6.45) is 2.92. The topological polar surface area (TPSA) is 129 Å². The molecule has 2 aromatic heterocycles. The zero-order valence-corrected chi connectivity index (χ0v) is 20.7. The zero-order valence-electron chi connectivity index (χ0n) is 19.9. The summed E-state index contributed by atoms with van der Waals surface area (Å²) in [6, 6.07) is 9.47. The number of benzene rings is 1. The van der Waals surface area contributed by atoms with Gasteiger partial charge in [-0.2, -0.15) is 0 Å². The highest BCUT2D eigenvalue weighted by Crippen LogP contribution is 2.41. The first kappa shape index (κ1) is 24.6. The fraction of sp³-hybridized carbons (Fsp3) is 0.400. The van der Waals surface area contributed by atoms with E-state index in [1.165, 1.54) is 11.3 Å². The van der Waals surface area contributed by atoms with Crippen LogP contribution in [-0.4, -0.2) is 30.9 Å². The lowest BCUT2D eigenvalue weighted by atomic mass is 9.89. The number of rotatable bonds is 9. The number of carbonyl (C=O) groups is 2. The standard InChI is InChI=1S/C25H30N4O5S/c1-15-10-18(29-34-15)13-27-25(31)33-14-17-6-8-20-21(12-17)35-24(23(20)26)28-22(30)9-7-16-4-3-5-19(11-16)32-2/h3-5,10-11,17H,6-9,12-14,26H2,1-2H3,(H,27,31)(H,28,30). The number of anilines is 2. The summed E-state index contributed by atoms with van der Waals surface area (Å²) in [6.45, 7) is 2.37. The maximum atomic E-state index is 12.5. The van der Waals surface area contributed by atoms with E-state index in [4.69, 9.17) is 19.7 Å². The number of alkyl carbamates (subject to hydrolysis) is 1. The van der Waals surface area contributed by atoms with Crippen LogP contribution in [0.4, 0.5) is 15.5 Å². The number of amides is 2. The van der Waals surface area contributed by atoms with E-state index in [1.54, 1.807) is 20.1 Å². The SMILES string of the molecule is COc1cccc(CCC(=O)Nc2sc3c(c2N)CCC(COC(=O)NCc2cc(C)on2)C3)c1. The molecule has 35 heavy (non-hydrogen) atoms. The molecule has 4 N–H and O–H groups in total. The van der Waals surface area contributed by atoms with E-state index in [0.717, 1.165) is 41.0 Å². The average molecular weight is 499 g/mol. The zero-order chi connectivity index (χ0) is 24.8. The van der Waals surface area contributed by atoms with Crippen LogP contribution in [0.2, 0.25) is 0 Å². The molecule has 0 bridgehead atoms. The summed E-state index contributed by atoms with van der Waals surface area (Å²) < 4.78 is 15.6. The van der Waals surface area contributed by atoms with Crippen molar-refractivity contribution in [3.63, 3.8) is 0 Å². The van der Waals surface area contributed by atoms with Crippen molar-refractivity contribution in [3.05, 3.63) is 57.8 Å². The smallest absolute Gasteiger partial charge is 0.407 e. The van der Waals surface area contributed by atoms with Crippen molar-refractivity contribution in [1.82, 2.24) is 10.5 Å². The van der Waals surface area contributed by atoms with Gasteiger partial charge in [-0.1, -0.05) is 17.3 Å². The molecule has 0 spiro atoms. The van der Waals surface area contributed by atoms with Crippen LogP contribution in [-0.2, 0) is 35.3 Å². The Bertz CT molecular complexity index is 1190. The van der Waals surface area contributed by atoms with Crippen molar-refractivity contribution < 1.29 is 23.6 Å². The molecule has 2 heterocycles. The predicted molar refractivity (Wildman–Crippen MR) is 134 cm³/mol. The Kier molecular flexibility index (Phi) is 7.91. The molecule has 3 aromatic rings. The monoisotopic (exact) mass is 498 g/mol. The third kappa shape index (κ3) is 6.54. The summed E-state index contributed by atoms with van der Waals surface area (Å²) >= 11 is 1.51. The molecule has 1 unspecified atom stereocenters. The minimum atomic E-state index is -0.480. The first-order valence-corrected chi connectivity index (χ1v) is 12.4. The van der Waals surface area contributed by atoms with Crippen LogP contribution in [0.25, 0.3) is 0 Å². The highest BCUT2D eigenvalue weighted by Gasteiger charge is 2.26. The molecule has 0 fully saturated rings. The number of nitrogens with two attached hydrogens (primary N) is 1. The van der Waals surface area contributed by atoms with Crippen molar-refractivity contribution in [2.75, 3.05) is 24.8 Å². The quantitative estimate of drug-likeness (QED) is 0.402. The van der Waals surface area contributed by atoms with E-state index in [0.29, 0.717) is 41.6 Å². The fourth-order valence-corrected chi connectivity index (χ4v) is 5.40. The number of hydrogen-bond acceptors (Lipinski definition) is 8. The summed E-state index contributed by atoms with van der Waals surface area (Å²) in [5.74, 6) is 1.60. The number of thiophene rings is 1. The number of nitrogen functional groups attached to an aromatic ring is 1. The van der Waals surface area contributed by atoms with Gasteiger partial charge < -0.3 is 30.4 Å². The van der Waals surface area contributed by atoms with Gasteiger partial charge in [-0.3, -0.25) is 4.79 Å². The first-order chi connectivity index (χ1) is 16.9. The molecule has 1 atom stereocenters. The summed E-state index contributed by atoms with van der Waals surface area (Å²) in [7, 11) is 1.62. The van der Waals surface area contributed by atoms with Crippen molar-refractivity contribution >= 4 is 34.0 Å². The van der Waals surface area contributed by atoms with Gasteiger partial charge in [0.25, 0.3) is 0 Å². The fourth-order valence-electron chi connectivity index (χ4n) is 4.10. The normalized spacial score (nSPS) is 14.7. The highest BCUT2D eigenvalue weighted by atomic mass is 32.1. The molecule has 0 saturated carbocycles. The third-order valence-electron chi connectivity index (χ3n) is 5.98. The Balaban J connectivity index is 1.24. The van der Waals surface area contributed by atoms with E-state index in [1.807, 2.05) is 24.3 Å². The van der Waals surface area contributed by atoms with E-state index < -0.39 is 6.09 Å². The van der Waals surface area contributed by atoms with Crippen molar-refractivity contribution in [2.45, 2.75) is 45.6 Å². The average Bonchev–Trinajstić information content (AvgIpc) is 3.42. The summed E-state index contributed by atoms with van der Waals surface area (Å²) in [4.78, 5) is 25.7. The number of methoxy groups -OCH3 is 1. The number of hydrogen-bond donors (Lipinski definition) is 3. The minimum Gasteiger partial charge on any atom is -0.497 e. The second kappa shape index (κ2) is 11.3. The van der Waals surface area contributed by atoms with Gasteiger partial charge in [0.05, 0.1) is 25.9 Å². The Morgan fingerprint density at radius 3 is 2.94 bits per heavy atom. The van der Waals surface area contributed by atoms with E-state index in [9.17, 15) is 9.59 Å². The van der Waals surface area contributed by atoms with Crippen LogP contribution in [0.15, 0.2) is 34.9 Å². The van der Waals surface area contributed by atoms with Gasteiger partial charge in [0.1, 0.15) is 22.2 Å². The molecule has 9 nitrogen and oxygen atoms in total. The van der Waals surface area contributed by atoms with Crippen LogP contribution in [0.3, 0.4) is 0 Å². The van der Waals surface area contributed by atoms with E-state index in [-0.39, 0.29) is 18.4 Å². The number of aryl methyl sites for hydroxylation is 2. The molecule has 186 valence electrons. The maximum Gasteiger partial charge on any atom is 0.407 e. The molecule has 0 radical (unpaired) electrons. The number of aromatic nitrogens is 1. The Morgan fingerprint density at radius 1 is 1.31 bits per heavy atom. The van der Waals surface area contributed by atoms with Gasteiger partial charge >= 0.3 is 6.09 Å². The third-order valence-corrected chi connectivity index (χ3v) is 7.16. The molecule has 0 saturated heterocycles. The van der Waals surface area contributed by atoms with Crippen LogP contribution < -0.4 is 21.1 Å². The second-order valence-corrected chi connectivity index (χ2v) is 9.74. The van der Waals surface area contributed by atoms with Crippen LogP contribution in [0.5, 0.6) is 5.75 Å². The van der Waals surface area contributed by atoms with Gasteiger partial charge in [0.2, 0.25) is 5.91 Å². The molecule has 1 aliphatic carbocycles. The molecule has 4 rings (SSSR count). The van der Waals surface area contributed by atoms with Crippen LogP contribution in [0.1, 0.15) is 40.3 Å². The largest absolute Gasteiger partial charge is 0.497 e. The lowest BCUT2D eigenvalue weighted by Crippen LogP contribution is -2.27. The number of ether oxygens (including phenoxy) is 2. The number of fused-ring (bicyclic) bond motifs is 1. The van der Waals surface area contributed by atoms with Crippen LogP contribution >= 0.6 is 11.3 Å². The number of carbonyl (C=O) groups excluding carboxylic acids is 2. The number of nitrogens with zero attached hydrogens (tertiary/aromatic N) is 1. The van der Waals surface area contributed by atoms with Crippen molar-refractivity contribution in [1.29, 1.82) is 0 Å². The lowest BCUT2D eigenvalue weighted by Gasteiger charge is -2.22. The summed E-state index contributed by atoms with van der Waals surface area (Å²) in [5, 5.41) is 10.2. The van der Waals surface area contributed by atoms with Gasteiger partial charge in [-0.25, -0.2) is 4.79 Å². The molecule has 2 amide bonds. The molecule has 10 heteroatoms. The van der Waals surface area contributed by atoms with E-state index in [2.05, 4.69) is 15.8 Å². The minimum absolute atomic E-state index is 0.0722. The summed E-state index contributed by atoms with van der Waals surface area (Å²) in [5.41, 5.74) is 9.79. The first-order valence-electron chi connectivity index (χ1n) is 11.6. The molecule has 1 aliphatic rings. The predicted octanol–water partition coefficient (Wildman–Crippen LogP) is 4.24. The van der Waals surface area contributed by atoms with Crippen molar-refractivity contribution in [2.24, 2.45) is 5.92 Å². The Morgan fingerprint density at radius 2 is 2.17 bits per heavy atom. The molecule has 1 aromatic carbocycles. The van der Waals surface area contributed by atoms with Gasteiger partial charge in [0, 0.05) is 17.4 Å². The number of nitrogens with one attached hydrogen (secondary N) is 2. The Labute approximate surface area is 208 Å². The van der Waals surface area contributed by atoms with Crippen molar-refractivity contribution in [3.8, 4) is 5.75 Å². The molecule has 0 aliphatic heterocycles. The molecular formula is C25H30N4O5S. The highest BCUT2D eigenvalue weighted by molar-refractivity contribution is 7.17. The van der Waals surface area contributed by atoms with Gasteiger partial charge in [-0.05, 0) is 61.8 Å². The molecular weight excluding hydrogens is 468 g/mol. The second-order valence-electron chi connectivity index (χ2n) is 8.64. The van der Waals surface area contributed by atoms with Crippen LogP contribution in [0, 0.1) is 12.8 Å². The van der Waals surface area contributed by atoms with E-state index >= 15 is 0 Å². The maximum absolute atomic E-state index is 12.5.